The van der Waals surface area contributed by atoms with E-state index in [2.05, 4.69) is 4.98 Å². The highest BCUT2D eigenvalue weighted by Crippen LogP contribution is 2.31. The van der Waals surface area contributed by atoms with Crippen LogP contribution in [0.15, 0.2) is 71.9 Å². The molecule has 0 N–H and O–H groups in total. The van der Waals surface area contributed by atoms with E-state index in [-0.39, 0.29) is 14.9 Å². The lowest BCUT2D eigenvalue weighted by atomic mass is 10.2. The topological polar surface area (TPSA) is 81.5 Å². The van der Waals surface area contributed by atoms with Crippen molar-refractivity contribution in [2.45, 2.75) is 38.2 Å². The van der Waals surface area contributed by atoms with Gasteiger partial charge in [0.25, 0.3) is 10.0 Å². The second-order valence-corrected chi connectivity index (χ2v) is 12.1. The number of hydrogen-bond acceptors (Lipinski definition) is 5. The first-order chi connectivity index (χ1) is 16.8. The average molecular weight is 546 g/mol. The Bertz CT molecular complexity index is 1520. The first kappa shape index (κ1) is 26.0. The fourth-order valence-electron chi connectivity index (χ4n) is 3.70. The molecule has 0 aliphatic carbocycles. The summed E-state index contributed by atoms with van der Waals surface area (Å²) >= 11 is 12.2. The van der Waals surface area contributed by atoms with E-state index < -0.39 is 28.1 Å². The highest BCUT2D eigenvalue weighted by Gasteiger charge is 2.30. The number of halogens is 2. The second kappa shape index (κ2) is 9.76. The molecule has 188 valence electrons. The molecule has 4 aromatic rings. The number of anilines is 1. The first-order valence-electron chi connectivity index (χ1n) is 11.1. The van der Waals surface area contributed by atoms with Crippen LogP contribution < -0.4 is 4.31 Å². The minimum atomic E-state index is -4.22. The number of rotatable bonds is 6. The zero-order chi connectivity index (χ0) is 26.3. The van der Waals surface area contributed by atoms with E-state index in [0.717, 1.165) is 26.6 Å². The molecule has 2 heterocycles. The average Bonchev–Trinajstić information content (AvgIpc) is 3.19. The van der Waals surface area contributed by atoms with Gasteiger partial charge in [0.05, 0.1) is 16.1 Å². The largest absolute Gasteiger partial charge is 0.459 e. The number of nitrogens with zero attached hydrogens (tertiary/aromatic N) is 3. The van der Waals surface area contributed by atoms with Crippen molar-refractivity contribution in [2.75, 3.05) is 10.8 Å². The molecule has 0 aliphatic heterocycles. The van der Waals surface area contributed by atoms with Crippen LogP contribution in [0.1, 0.15) is 26.3 Å². The number of esters is 1. The van der Waals surface area contributed by atoms with Gasteiger partial charge in [-0.15, -0.1) is 0 Å². The molecule has 0 saturated heterocycles. The quantitative estimate of drug-likeness (QED) is 0.270. The van der Waals surface area contributed by atoms with Gasteiger partial charge in [0.15, 0.2) is 0 Å². The van der Waals surface area contributed by atoms with Crippen LogP contribution in [0.4, 0.5) is 5.69 Å². The summed E-state index contributed by atoms with van der Waals surface area (Å²) < 4.78 is 35.8. The number of fused-ring (bicyclic) bond motifs is 1. The lowest BCUT2D eigenvalue weighted by molar-refractivity contribution is -0.152. The standard InChI is InChI=1S/C26H25Cl2N3O4S/c1-17-5-8-24(29-15-17)30-10-9-18-11-21(6-7-23(18)30)31(16-25(32)35-26(2,3)4)36(33,34)22-13-19(27)12-20(28)14-22/h5-15H,16H2,1-4H3. The SMILES string of the molecule is Cc1ccc(-n2ccc3cc(N(CC(=O)OC(C)(C)C)S(=O)(=O)c4cc(Cl)cc(Cl)c4)ccc32)nc1. The summed E-state index contributed by atoms with van der Waals surface area (Å²) in [5, 5.41) is 1.09. The van der Waals surface area contributed by atoms with E-state index in [1.165, 1.54) is 18.2 Å². The lowest BCUT2D eigenvalue weighted by Crippen LogP contribution is -2.39. The highest BCUT2D eigenvalue weighted by atomic mass is 35.5. The van der Waals surface area contributed by atoms with E-state index in [9.17, 15) is 13.2 Å². The number of pyridine rings is 1. The van der Waals surface area contributed by atoms with E-state index >= 15 is 0 Å². The maximum Gasteiger partial charge on any atom is 0.327 e. The van der Waals surface area contributed by atoms with Crippen LogP contribution in [-0.4, -0.2) is 36.1 Å². The van der Waals surface area contributed by atoms with Crippen molar-refractivity contribution in [3.8, 4) is 5.82 Å². The Hall–Kier alpha value is -3.07. The number of hydrogen-bond donors (Lipinski definition) is 0. The molecule has 36 heavy (non-hydrogen) atoms. The number of sulfonamides is 1. The minimum Gasteiger partial charge on any atom is -0.459 e. The van der Waals surface area contributed by atoms with Crippen molar-refractivity contribution in [1.29, 1.82) is 0 Å². The third-order valence-electron chi connectivity index (χ3n) is 5.22. The predicted octanol–water partition coefficient (Wildman–Crippen LogP) is 6.18. The van der Waals surface area contributed by atoms with Gasteiger partial charge < -0.3 is 9.30 Å². The van der Waals surface area contributed by atoms with Gasteiger partial charge >= 0.3 is 5.97 Å². The fourth-order valence-corrected chi connectivity index (χ4v) is 5.83. The molecule has 2 aromatic heterocycles. The highest BCUT2D eigenvalue weighted by molar-refractivity contribution is 7.92. The Morgan fingerprint density at radius 1 is 1.03 bits per heavy atom. The molecule has 0 fully saturated rings. The zero-order valence-electron chi connectivity index (χ0n) is 20.2. The number of ether oxygens (including phenoxy) is 1. The van der Waals surface area contributed by atoms with Gasteiger partial charge in [-0.2, -0.15) is 0 Å². The number of aromatic nitrogens is 2. The van der Waals surface area contributed by atoms with Crippen LogP contribution in [0.3, 0.4) is 0 Å². The van der Waals surface area contributed by atoms with E-state index in [0.29, 0.717) is 5.69 Å². The summed E-state index contributed by atoms with van der Waals surface area (Å²) in [6, 6.07) is 14.9. The summed E-state index contributed by atoms with van der Waals surface area (Å²) in [6.45, 7) is 6.58. The summed E-state index contributed by atoms with van der Waals surface area (Å²) in [6.07, 6.45) is 3.64. The Morgan fingerprint density at radius 3 is 2.33 bits per heavy atom. The molecule has 0 atom stereocenters. The monoisotopic (exact) mass is 545 g/mol. The van der Waals surface area contributed by atoms with Crippen LogP contribution in [0.25, 0.3) is 16.7 Å². The van der Waals surface area contributed by atoms with Gasteiger partial charge in [0.2, 0.25) is 0 Å². The Kier molecular flexibility index (Phi) is 7.05. The van der Waals surface area contributed by atoms with Crippen LogP contribution in [0.2, 0.25) is 10.0 Å². The molecular weight excluding hydrogens is 521 g/mol. The number of benzene rings is 2. The zero-order valence-corrected chi connectivity index (χ0v) is 22.5. The summed E-state index contributed by atoms with van der Waals surface area (Å²) in [5.41, 5.74) is 1.38. The van der Waals surface area contributed by atoms with Gasteiger partial charge in [-0.05, 0) is 81.8 Å². The molecule has 0 aliphatic rings. The second-order valence-electron chi connectivity index (χ2n) is 9.33. The van der Waals surface area contributed by atoms with Gasteiger partial charge in [0.1, 0.15) is 18.0 Å². The first-order valence-corrected chi connectivity index (χ1v) is 13.3. The molecule has 0 radical (unpaired) electrons. The van der Waals surface area contributed by atoms with Crippen molar-refractivity contribution >= 4 is 55.8 Å². The smallest absolute Gasteiger partial charge is 0.327 e. The van der Waals surface area contributed by atoms with Crippen LogP contribution in [0, 0.1) is 6.92 Å². The van der Waals surface area contributed by atoms with Gasteiger partial charge in [-0.3, -0.25) is 9.10 Å². The fraction of sp³-hybridized carbons (Fsp3) is 0.231. The predicted molar refractivity (Wildman–Crippen MR) is 143 cm³/mol. The molecule has 2 aromatic carbocycles. The van der Waals surface area contributed by atoms with E-state index in [1.807, 2.05) is 35.9 Å². The number of carbonyl (C=O) groups is 1. The maximum atomic E-state index is 13.7. The summed E-state index contributed by atoms with van der Waals surface area (Å²) in [7, 11) is -4.22. The minimum absolute atomic E-state index is 0.134. The van der Waals surface area contributed by atoms with Gasteiger partial charge in [-0.25, -0.2) is 13.4 Å². The Morgan fingerprint density at radius 2 is 1.72 bits per heavy atom. The van der Waals surface area contributed by atoms with Crippen LogP contribution in [0.5, 0.6) is 0 Å². The van der Waals surface area contributed by atoms with Crippen molar-refractivity contribution in [3.63, 3.8) is 0 Å². The number of aryl methyl sites for hydroxylation is 1. The molecule has 0 bridgehead atoms. The summed E-state index contributed by atoms with van der Waals surface area (Å²) in [5.74, 6) is 0.0378. The maximum absolute atomic E-state index is 13.7. The van der Waals surface area contributed by atoms with Crippen LogP contribution >= 0.6 is 23.2 Å². The molecule has 0 unspecified atom stereocenters. The van der Waals surface area contributed by atoms with E-state index in [1.54, 1.807) is 45.2 Å². The van der Waals surface area contributed by atoms with Crippen LogP contribution in [-0.2, 0) is 19.6 Å². The van der Waals surface area contributed by atoms with E-state index in [4.69, 9.17) is 27.9 Å². The Labute approximate surface area is 220 Å². The summed E-state index contributed by atoms with van der Waals surface area (Å²) in [4.78, 5) is 17.1. The third kappa shape index (κ3) is 5.67. The lowest BCUT2D eigenvalue weighted by Gasteiger charge is -2.26. The molecule has 4 rings (SSSR count). The normalized spacial score (nSPS) is 12.1. The molecule has 0 amide bonds. The Balaban J connectivity index is 1.80. The molecule has 0 spiro atoms. The van der Waals surface area contributed by atoms with Crippen molar-refractivity contribution < 1.29 is 17.9 Å². The molecule has 7 nitrogen and oxygen atoms in total. The van der Waals surface area contributed by atoms with Crippen molar-refractivity contribution in [2.24, 2.45) is 0 Å². The molecular formula is C26H25Cl2N3O4S. The van der Waals surface area contributed by atoms with Gasteiger partial charge in [0, 0.05) is 27.8 Å². The molecule has 0 saturated carbocycles. The van der Waals surface area contributed by atoms with Crippen molar-refractivity contribution in [3.05, 3.63) is 82.6 Å². The van der Waals surface area contributed by atoms with Crippen molar-refractivity contribution in [1.82, 2.24) is 9.55 Å². The molecule has 10 heteroatoms. The third-order valence-corrected chi connectivity index (χ3v) is 7.41. The van der Waals surface area contributed by atoms with Gasteiger partial charge in [-0.1, -0.05) is 29.3 Å². The number of carbonyl (C=O) groups excluding carboxylic acids is 1.